The van der Waals surface area contributed by atoms with Crippen molar-refractivity contribution in [2.24, 2.45) is 11.8 Å². The molecule has 3 aliphatic rings. The summed E-state index contributed by atoms with van der Waals surface area (Å²) in [5, 5.41) is 20.8. The second-order valence-electron chi connectivity index (χ2n) is 7.60. The highest BCUT2D eigenvalue weighted by Crippen LogP contribution is 2.53. The van der Waals surface area contributed by atoms with Gasteiger partial charge in [0, 0.05) is 12.6 Å². The largest absolute Gasteiger partial charge is 0.508 e. The molecule has 1 aliphatic heterocycles. The van der Waals surface area contributed by atoms with Crippen LogP contribution in [0.1, 0.15) is 50.3 Å². The molecule has 1 aromatic rings. The van der Waals surface area contributed by atoms with Crippen molar-refractivity contribution >= 4 is 0 Å². The molecule has 0 aromatic heterocycles. The zero-order valence-electron chi connectivity index (χ0n) is 12.9. The van der Waals surface area contributed by atoms with Gasteiger partial charge in [-0.1, -0.05) is 19.9 Å². The molecule has 2 aliphatic carbocycles. The number of likely N-dealkylation sites (tertiary alicyclic amines) is 1. The number of rotatable bonds is 2. The Bertz CT molecular complexity index is 568. The molecular weight excluding hydrogens is 262 g/mol. The first-order valence-electron chi connectivity index (χ1n) is 8.26. The van der Waals surface area contributed by atoms with E-state index in [1.165, 1.54) is 12.8 Å². The van der Waals surface area contributed by atoms with Crippen molar-refractivity contribution in [3.05, 3.63) is 29.3 Å². The Morgan fingerprint density at radius 2 is 2.10 bits per heavy atom. The molecule has 2 fully saturated rings. The molecule has 1 aromatic carbocycles. The molecule has 1 heterocycles. The molecule has 3 heteroatoms. The number of piperidine rings is 1. The summed E-state index contributed by atoms with van der Waals surface area (Å²) in [6.45, 7) is 6.80. The second kappa shape index (κ2) is 4.47. The van der Waals surface area contributed by atoms with Gasteiger partial charge in [0.2, 0.25) is 0 Å². The molecule has 0 spiro atoms. The third-order valence-corrected chi connectivity index (χ3v) is 6.34. The number of fused-ring (bicyclic) bond motifs is 4. The topological polar surface area (TPSA) is 43.7 Å². The predicted molar refractivity (Wildman–Crippen MR) is 82.3 cm³/mol. The fourth-order valence-electron chi connectivity index (χ4n) is 4.62. The van der Waals surface area contributed by atoms with E-state index in [2.05, 4.69) is 18.7 Å². The average molecular weight is 287 g/mol. The van der Waals surface area contributed by atoms with Gasteiger partial charge in [-0.3, -0.25) is 4.90 Å². The van der Waals surface area contributed by atoms with E-state index in [9.17, 15) is 10.2 Å². The standard InChI is InChI=1S/C18H25NO2/c1-11-16-17(21)14-6-5-13(20)9-15(14)18(11,2)7-8-19(16)10-12-3-4-12/h5-6,9,11-12,16-17,20-21H,3-4,7-8,10H2,1-2H3/t11-,16?,17?,18+/m0/s1. The van der Waals surface area contributed by atoms with E-state index in [-0.39, 0.29) is 11.5 Å². The zero-order chi connectivity index (χ0) is 14.8. The Hall–Kier alpha value is -1.06. The van der Waals surface area contributed by atoms with Gasteiger partial charge in [0.25, 0.3) is 0 Å². The van der Waals surface area contributed by atoms with Crippen LogP contribution < -0.4 is 0 Å². The number of hydrogen-bond acceptors (Lipinski definition) is 3. The van der Waals surface area contributed by atoms with Gasteiger partial charge < -0.3 is 10.2 Å². The summed E-state index contributed by atoms with van der Waals surface area (Å²) >= 11 is 0. The van der Waals surface area contributed by atoms with Gasteiger partial charge in [-0.05, 0) is 66.3 Å². The van der Waals surface area contributed by atoms with E-state index < -0.39 is 6.10 Å². The highest BCUT2D eigenvalue weighted by atomic mass is 16.3. The van der Waals surface area contributed by atoms with Crippen LogP contribution in [0.4, 0.5) is 0 Å². The minimum Gasteiger partial charge on any atom is -0.508 e. The summed E-state index contributed by atoms with van der Waals surface area (Å²) in [7, 11) is 0. The molecule has 21 heavy (non-hydrogen) atoms. The Morgan fingerprint density at radius 1 is 1.33 bits per heavy atom. The molecule has 114 valence electrons. The Balaban J connectivity index is 1.77. The van der Waals surface area contributed by atoms with Gasteiger partial charge in [-0.2, -0.15) is 0 Å². The molecular formula is C18H25NO2. The molecule has 4 atom stereocenters. The molecule has 1 saturated carbocycles. The zero-order valence-corrected chi connectivity index (χ0v) is 12.9. The highest BCUT2D eigenvalue weighted by Gasteiger charge is 2.52. The maximum Gasteiger partial charge on any atom is 0.115 e. The van der Waals surface area contributed by atoms with Crippen molar-refractivity contribution < 1.29 is 10.2 Å². The van der Waals surface area contributed by atoms with Gasteiger partial charge in [0.15, 0.2) is 0 Å². The van der Waals surface area contributed by atoms with Crippen LogP contribution in [0.15, 0.2) is 18.2 Å². The van der Waals surface area contributed by atoms with Crippen LogP contribution in [-0.4, -0.2) is 34.2 Å². The molecule has 2 unspecified atom stereocenters. The molecule has 2 N–H and O–H groups in total. The Kier molecular flexibility index (Phi) is 2.89. The Labute approximate surface area is 126 Å². The van der Waals surface area contributed by atoms with E-state index in [1.807, 2.05) is 12.1 Å². The van der Waals surface area contributed by atoms with Crippen molar-refractivity contribution in [1.82, 2.24) is 4.90 Å². The monoisotopic (exact) mass is 287 g/mol. The lowest BCUT2D eigenvalue weighted by molar-refractivity contribution is -0.0539. The lowest BCUT2D eigenvalue weighted by Gasteiger charge is -2.56. The third kappa shape index (κ3) is 1.94. The number of benzene rings is 1. The van der Waals surface area contributed by atoms with E-state index in [4.69, 9.17) is 0 Å². The van der Waals surface area contributed by atoms with Crippen LogP contribution in [0.3, 0.4) is 0 Å². The second-order valence-corrected chi connectivity index (χ2v) is 7.60. The predicted octanol–water partition coefficient (Wildman–Crippen LogP) is 2.82. The number of nitrogens with zero attached hydrogens (tertiary/aromatic N) is 1. The quantitative estimate of drug-likeness (QED) is 0.879. The van der Waals surface area contributed by atoms with Crippen LogP contribution in [0.25, 0.3) is 0 Å². The minimum absolute atomic E-state index is 0.0675. The fraction of sp³-hybridized carbons (Fsp3) is 0.667. The van der Waals surface area contributed by atoms with Gasteiger partial charge in [-0.15, -0.1) is 0 Å². The number of phenols is 1. The SMILES string of the molecule is C[C@H]1C2C(O)c3ccc(O)cc3[C@]1(C)CCN2CC1CC1. The summed E-state index contributed by atoms with van der Waals surface area (Å²) in [6.07, 6.45) is 3.40. The number of aliphatic hydroxyl groups excluding tert-OH is 1. The number of aliphatic hydroxyl groups is 1. The fourth-order valence-corrected chi connectivity index (χ4v) is 4.62. The molecule has 1 saturated heterocycles. The van der Waals surface area contributed by atoms with Gasteiger partial charge in [0.05, 0.1) is 6.10 Å². The first kappa shape index (κ1) is 13.6. The van der Waals surface area contributed by atoms with Gasteiger partial charge in [0.1, 0.15) is 5.75 Å². The summed E-state index contributed by atoms with van der Waals surface area (Å²) in [6, 6.07) is 5.73. The summed E-state index contributed by atoms with van der Waals surface area (Å²) in [4.78, 5) is 2.53. The van der Waals surface area contributed by atoms with Crippen molar-refractivity contribution in [1.29, 1.82) is 0 Å². The maximum absolute atomic E-state index is 10.9. The average Bonchev–Trinajstić information content (AvgIpc) is 3.25. The highest BCUT2D eigenvalue weighted by molar-refractivity contribution is 5.45. The van der Waals surface area contributed by atoms with Crippen molar-refractivity contribution in [2.45, 2.75) is 50.7 Å². The first-order valence-corrected chi connectivity index (χ1v) is 8.26. The van der Waals surface area contributed by atoms with E-state index in [1.54, 1.807) is 6.07 Å². The van der Waals surface area contributed by atoms with Crippen LogP contribution in [-0.2, 0) is 5.41 Å². The molecule has 0 radical (unpaired) electrons. The smallest absolute Gasteiger partial charge is 0.115 e. The maximum atomic E-state index is 10.9. The first-order chi connectivity index (χ1) is 10.0. The number of hydrogen-bond donors (Lipinski definition) is 2. The van der Waals surface area contributed by atoms with Crippen molar-refractivity contribution in [2.75, 3.05) is 13.1 Å². The van der Waals surface area contributed by atoms with Crippen LogP contribution in [0.5, 0.6) is 5.75 Å². The van der Waals surface area contributed by atoms with Crippen molar-refractivity contribution in [3.8, 4) is 5.75 Å². The number of phenolic OH excluding ortho intramolecular Hbond substituents is 1. The molecule has 2 bridgehead atoms. The van der Waals surface area contributed by atoms with E-state index in [0.29, 0.717) is 11.7 Å². The summed E-state index contributed by atoms with van der Waals surface area (Å²) < 4.78 is 0. The lowest BCUT2D eigenvalue weighted by atomic mass is 9.58. The summed E-state index contributed by atoms with van der Waals surface area (Å²) in [5.41, 5.74) is 2.25. The minimum atomic E-state index is -0.428. The van der Waals surface area contributed by atoms with Crippen LogP contribution in [0, 0.1) is 11.8 Å². The van der Waals surface area contributed by atoms with Gasteiger partial charge >= 0.3 is 0 Å². The van der Waals surface area contributed by atoms with Crippen molar-refractivity contribution in [3.63, 3.8) is 0 Å². The molecule has 0 amide bonds. The van der Waals surface area contributed by atoms with E-state index in [0.717, 1.165) is 36.6 Å². The van der Waals surface area contributed by atoms with Gasteiger partial charge in [-0.25, -0.2) is 0 Å². The third-order valence-electron chi connectivity index (χ3n) is 6.34. The Morgan fingerprint density at radius 3 is 2.81 bits per heavy atom. The lowest BCUT2D eigenvalue weighted by Crippen LogP contribution is -2.59. The number of aromatic hydroxyl groups is 1. The molecule has 3 nitrogen and oxygen atoms in total. The van der Waals surface area contributed by atoms with E-state index >= 15 is 0 Å². The van der Waals surface area contributed by atoms with Crippen LogP contribution in [0.2, 0.25) is 0 Å². The normalized spacial score (nSPS) is 39.1. The summed E-state index contributed by atoms with van der Waals surface area (Å²) in [5.74, 6) is 1.58. The molecule has 4 rings (SSSR count). The van der Waals surface area contributed by atoms with Crippen LogP contribution >= 0.6 is 0 Å².